The Kier molecular flexibility index (Phi) is 9.12. The average molecular weight is 639 g/mol. The molecule has 0 saturated carbocycles. The summed E-state index contributed by atoms with van der Waals surface area (Å²) in [6, 6.07) is 7.58. The zero-order chi connectivity index (χ0) is 32.7. The quantitative estimate of drug-likeness (QED) is 0.230. The Bertz CT molecular complexity index is 1790. The molecule has 1 aromatic carbocycles. The molecule has 45 heavy (non-hydrogen) atoms. The molecule has 5 rings (SSSR count). The van der Waals surface area contributed by atoms with Crippen LogP contribution in [0.4, 0.5) is 0 Å². The molecule has 0 aliphatic carbocycles. The molecule has 1 atom stereocenters. The number of aryl methyl sites for hydroxylation is 1. The number of aromatic nitrogens is 3. The molecule has 4 aromatic rings. The number of rotatable bonds is 9. The lowest BCUT2D eigenvalue weighted by molar-refractivity contribution is -0.164. The van der Waals surface area contributed by atoms with E-state index >= 15 is 0 Å². The van der Waals surface area contributed by atoms with E-state index in [-0.39, 0.29) is 12.6 Å². The molecule has 1 aliphatic rings. The van der Waals surface area contributed by atoms with Gasteiger partial charge >= 0.3 is 11.7 Å². The Labute approximate surface area is 266 Å². The number of oxazole rings is 1. The van der Waals surface area contributed by atoms with E-state index in [4.69, 9.17) is 18.6 Å². The van der Waals surface area contributed by atoms with Crippen LogP contribution < -0.4 is 16.0 Å². The number of thiophene rings is 1. The molecule has 1 fully saturated rings. The number of fused-ring (bicyclic) bond motifs is 1. The summed E-state index contributed by atoms with van der Waals surface area (Å²) in [5.41, 5.74) is -2.29. The van der Waals surface area contributed by atoms with Crippen LogP contribution in [-0.4, -0.2) is 63.9 Å². The van der Waals surface area contributed by atoms with Crippen molar-refractivity contribution in [1.29, 1.82) is 0 Å². The first-order valence-electron chi connectivity index (χ1n) is 15.1. The van der Waals surface area contributed by atoms with Gasteiger partial charge < -0.3 is 23.5 Å². The first-order valence-corrected chi connectivity index (χ1v) is 15.9. The standard InChI is InChI=1S/C33H42N4O7S/c1-20-25-28(38)37(33(5,6)30(39)44-32(2,3)4)31(40)36(29(25)45-26(20)27-34-15-18-42-27)19-24(22-11-9-10-12-23(22)41-8)43-21-13-16-35(7)17-14-21/h9-12,15,18,21,24H,13-14,16-17,19H2,1-8H3. The number of likely N-dealkylation sites (tertiary alicyclic amines) is 1. The zero-order valence-corrected chi connectivity index (χ0v) is 28.0. The van der Waals surface area contributed by atoms with E-state index in [9.17, 15) is 14.4 Å². The molecule has 12 heteroatoms. The van der Waals surface area contributed by atoms with Crippen molar-refractivity contribution in [1.82, 2.24) is 19.0 Å². The van der Waals surface area contributed by atoms with Crippen LogP contribution in [0.25, 0.3) is 21.0 Å². The third-order valence-corrected chi connectivity index (χ3v) is 9.46. The Morgan fingerprint density at radius 3 is 2.44 bits per heavy atom. The van der Waals surface area contributed by atoms with Crippen LogP contribution in [0.5, 0.6) is 5.75 Å². The van der Waals surface area contributed by atoms with Gasteiger partial charge in [-0.25, -0.2) is 19.1 Å². The van der Waals surface area contributed by atoms with E-state index < -0.39 is 34.5 Å². The fraction of sp³-hybridized carbons (Fsp3) is 0.515. The summed E-state index contributed by atoms with van der Waals surface area (Å²) in [4.78, 5) is 50.0. The number of nitrogens with zero attached hydrogens (tertiary/aromatic N) is 4. The Morgan fingerprint density at radius 2 is 1.82 bits per heavy atom. The van der Waals surface area contributed by atoms with Crippen molar-refractivity contribution in [2.75, 3.05) is 27.2 Å². The molecule has 0 spiro atoms. The molecule has 1 aliphatic heterocycles. The fourth-order valence-corrected chi connectivity index (χ4v) is 6.94. The summed E-state index contributed by atoms with van der Waals surface area (Å²) in [5.74, 6) is 0.281. The van der Waals surface area contributed by atoms with Gasteiger partial charge in [-0.15, -0.1) is 11.3 Å². The Morgan fingerprint density at radius 1 is 1.13 bits per heavy atom. The summed E-state index contributed by atoms with van der Waals surface area (Å²) >= 11 is 1.25. The number of carbonyl (C=O) groups excluding carboxylic acids is 1. The Balaban J connectivity index is 1.74. The van der Waals surface area contributed by atoms with Crippen molar-refractivity contribution in [3.05, 3.63) is 68.7 Å². The lowest BCUT2D eigenvalue weighted by Crippen LogP contribution is -2.54. The van der Waals surface area contributed by atoms with Gasteiger partial charge in [0.2, 0.25) is 5.89 Å². The largest absolute Gasteiger partial charge is 0.496 e. The van der Waals surface area contributed by atoms with E-state index in [0.29, 0.717) is 32.3 Å². The second kappa shape index (κ2) is 12.6. The highest BCUT2D eigenvalue weighted by molar-refractivity contribution is 7.22. The molecule has 0 radical (unpaired) electrons. The number of esters is 1. The van der Waals surface area contributed by atoms with Crippen LogP contribution in [0.3, 0.4) is 0 Å². The normalized spacial score (nSPS) is 15.8. The molecule has 1 saturated heterocycles. The maximum absolute atomic E-state index is 14.6. The summed E-state index contributed by atoms with van der Waals surface area (Å²) < 4.78 is 26.4. The van der Waals surface area contributed by atoms with Gasteiger partial charge in [-0.2, -0.15) is 0 Å². The van der Waals surface area contributed by atoms with Crippen molar-refractivity contribution in [3.8, 4) is 16.5 Å². The highest BCUT2D eigenvalue weighted by atomic mass is 32.1. The predicted molar refractivity (Wildman–Crippen MR) is 173 cm³/mol. The third-order valence-electron chi connectivity index (χ3n) is 8.15. The van der Waals surface area contributed by atoms with Crippen molar-refractivity contribution in [2.45, 2.75) is 84.3 Å². The fourth-order valence-electron chi connectivity index (χ4n) is 5.70. The molecule has 4 heterocycles. The number of hydrogen-bond donors (Lipinski definition) is 0. The molecule has 0 N–H and O–H groups in total. The molecule has 1 unspecified atom stereocenters. The lowest BCUT2D eigenvalue weighted by Gasteiger charge is -2.33. The van der Waals surface area contributed by atoms with E-state index in [1.807, 2.05) is 24.3 Å². The van der Waals surface area contributed by atoms with E-state index in [0.717, 1.165) is 36.1 Å². The lowest BCUT2D eigenvalue weighted by atomic mass is 10.0. The van der Waals surface area contributed by atoms with E-state index in [1.54, 1.807) is 39.4 Å². The summed E-state index contributed by atoms with van der Waals surface area (Å²) in [5, 5.41) is 0.308. The second-order valence-corrected chi connectivity index (χ2v) is 14.0. The van der Waals surface area contributed by atoms with Crippen LogP contribution in [0.2, 0.25) is 0 Å². The highest BCUT2D eigenvalue weighted by Gasteiger charge is 2.39. The van der Waals surface area contributed by atoms with Gasteiger partial charge in [0, 0.05) is 18.7 Å². The SMILES string of the molecule is COc1ccccc1C(Cn1c(=O)n(C(C)(C)C(=O)OC(C)(C)C)c(=O)c2c(C)c(-c3ncco3)sc21)OC1CCN(C)CC1. The number of para-hydroxylation sites is 1. The minimum Gasteiger partial charge on any atom is -0.496 e. The minimum absolute atomic E-state index is 0.0423. The number of methoxy groups -OCH3 is 1. The predicted octanol–water partition coefficient (Wildman–Crippen LogP) is 5.13. The molecular weight excluding hydrogens is 596 g/mol. The van der Waals surface area contributed by atoms with Crippen molar-refractivity contribution in [2.24, 2.45) is 0 Å². The number of hydrogen-bond acceptors (Lipinski definition) is 10. The first kappa shape index (κ1) is 32.6. The van der Waals surface area contributed by atoms with Crippen molar-refractivity contribution < 1.29 is 23.4 Å². The molecule has 0 bridgehead atoms. The van der Waals surface area contributed by atoms with Gasteiger partial charge in [0.15, 0.2) is 0 Å². The summed E-state index contributed by atoms with van der Waals surface area (Å²) in [7, 11) is 3.69. The van der Waals surface area contributed by atoms with Gasteiger partial charge in [0.05, 0.1) is 36.2 Å². The molecule has 242 valence electrons. The van der Waals surface area contributed by atoms with Gasteiger partial charge in [0.1, 0.15) is 34.1 Å². The minimum atomic E-state index is -1.62. The van der Waals surface area contributed by atoms with Crippen LogP contribution in [0, 0.1) is 6.92 Å². The van der Waals surface area contributed by atoms with Crippen LogP contribution in [0.15, 0.2) is 50.7 Å². The first-order chi connectivity index (χ1) is 21.2. The van der Waals surface area contributed by atoms with Crippen molar-refractivity contribution in [3.63, 3.8) is 0 Å². The average Bonchev–Trinajstić information content (AvgIpc) is 3.63. The molecular formula is C33H42N4O7S. The molecule has 3 aromatic heterocycles. The smallest absolute Gasteiger partial charge is 0.333 e. The van der Waals surface area contributed by atoms with Crippen LogP contribution in [0.1, 0.15) is 64.7 Å². The number of piperidine rings is 1. The van der Waals surface area contributed by atoms with E-state index in [1.165, 1.54) is 37.6 Å². The number of carbonyl (C=O) groups is 1. The number of ether oxygens (including phenoxy) is 3. The van der Waals surface area contributed by atoms with Gasteiger partial charge in [-0.3, -0.25) is 9.36 Å². The molecule has 11 nitrogen and oxygen atoms in total. The molecule has 0 amide bonds. The topological polar surface area (TPSA) is 118 Å². The number of benzene rings is 1. The van der Waals surface area contributed by atoms with Gasteiger partial charge in [-0.05, 0) is 73.1 Å². The second-order valence-electron chi connectivity index (χ2n) is 13.0. The van der Waals surface area contributed by atoms with Crippen molar-refractivity contribution >= 4 is 27.5 Å². The van der Waals surface area contributed by atoms with Gasteiger partial charge in [-0.1, -0.05) is 18.2 Å². The van der Waals surface area contributed by atoms with E-state index in [2.05, 4.69) is 16.9 Å². The summed E-state index contributed by atoms with van der Waals surface area (Å²) in [6.07, 6.45) is 4.03. The maximum Gasteiger partial charge on any atom is 0.333 e. The highest BCUT2D eigenvalue weighted by Crippen LogP contribution is 2.38. The monoisotopic (exact) mass is 638 g/mol. The zero-order valence-electron chi connectivity index (χ0n) is 27.2. The van der Waals surface area contributed by atoms with Crippen LogP contribution in [-0.2, 0) is 26.4 Å². The van der Waals surface area contributed by atoms with Gasteiger partial charge in [0.25, 0.3) is 5.56 Å². The van der Waals surface area contributed by atoms with Crippen LogP contribution >= 0.6 is 11.3 Å². The Hall–Kier alpha value is -3.74. The third kappa shape index (κ3) is 6.49. The maximum atomic E-state index is 14.6. The summed E-state index contributed by atoms with van der Waals surface area (Å²) in [6.45, 7) is 12.0.